The fraction of sp³-hybridized carbons (Fsp3) is 0.538. The quantitative estimate of drug-likeness (QED) is 0.619. The molecule has 0 heterocycles. The van der Waals surface area contributed by atoms with E-state index in [1.54, 1.807) is 24.3 Å². The summed E-state index contributed by atoms with van der Waals surface area (Å²) in [6, 6.07) is 6.39. The summed E-state index contributed by atoms with van der Waals surface area (Å²) in [5.41, 5.74) is 3.07. The van der Waals surface area contributed by atoms with Gasteiger partial charge in [-0.3, -0.25) is 11.3 Å². The summed E-state index contributed by atoms with van der Waals surface area (Å²) < 4.78 is 42.4. The second-order valence-corrected chi connectivity index (χ2v) is 4.58. The first-order valence-electron chi connectivity index (χ1n) is 6.12. The molecule has 0 bridgehead atoms. The molecule has 0 aliphatic rings. The lowest BCUT2D eigenvalue weighted by molar-refractivity contribution is -0.136. The molecule has 1 rings (SSSR count). The molecule has 0 spiro atoms. The van der Waals surface area contributed by atoms with Gasteiger partial charge in [-0.25, -0.2) is 0 Å². The Labute approximate surface area is 110 Å². The minimum absolute atomic E-state index is 0.0535. The van der Waals surface area contributed by atoms with Crippen molar-refractivity contribution in [3.8, 4) is 5.75 Å². The molecular weight excluding hydrogens is 257 g/mol. The zero-order valence-electron chi connectivity index (χ0n) is 11.0. The number of hydrazine groups is 1. The Morgan fingerprint density at radius 1 is 1.26 bits per heavy atom. The minimum Gasteiger partial charge on any atom is -0.491 e. The van der Waals surface area contributed by atoms with Crippen LogP contribution in [0.3, 0.4) is 0 Å². The lowest BCUT2D eigenvalue weighted by atomic mass is 10.0. The summed E-state index contributed by atoms with van der Waals surface area (Å²) in [4.78, 5) is 0. The van der Waals surface area contributed by atoms with Crippen molar-refractivity contribution in [2.45, 2.75) is 45.0 Å². The zero-order chi connectivity index (χ0) is 14.5. The Morgan fingerprint density at radius 3 is 2.42 bits per heavy atom. The van der Waals surface area contributed by atoms with Crippen LogP contribution in [0.25, 0.3) is 0 Å². The fourth-order valence-corrected chi connectivity index (χ4v) is 1.77. The van der Waals surface area contributed by atoms with Gasteiger partial charge in [-0.2, -0.15) is 13.2 Å². The van der Waals surface area contributed by atoms with Crippen molar-refractivity contribution < 1.29 is 17.9 Å². The van der Waals surface area contributed by atoms with Crippen LogP contribution < -0.4 is 16.0 Å². The van der Waals surface area contributed by atoms with E-state index in [2.05, 4.69) is 5.43 Å². The molecule has 1 atom stereocenters. The first-order chi connectivity index (χ1) is 8.83. The number of nitrogens with one attached hydrogen (secondary N) is 1. The molecule has 3 nitrogen and oxygen atoms in total. The van der Waals surface area contributed by atoms with Crippen molar-refractivity contribution in [3.05, 3.63) is 29.8 Å². The predicted octanol–water partition coefficient (Wildman–Crippen LogP) is 3.32. The van der Waals surface area contributed by atoms with E-state index in [0.29, 0.717) is 11.3 Å². The van der Waals surface area contributed by atoms with E-state index in [9.17, 15) is 13.2 Å². The molecule has 0 radical (unpaired) electrons. The van der Waals surface area contributed by atoms with Gasteiger partial charge in [0.15, 0.2) is 0 Å². The molecule has 108 valence electrons. The number of nitrogens with two attached hydrogens (primary N) is 1. The number of alkyl halides is 3. The zero-order valence-corrected chi connectivity index (χ0v) is 11.0. The lowest BCUT2D eigenvalue weighted by Gasteiger charge is -2.21. The summed E-state index contributed by atoms with van der Waals surface area (Å²) in [6.45, 7) is 3.72. The van der Waals surface area contributed by atoms with E-state index < -0.39 is 18.6 Å². The van der Waals surface area contributed by atoms with Crippen LogP contribution in [0.4, 0.5) is 13.2 Å². The van der Waals surface area contributed by atoms with Crippen molar-refractivity contribution in [3.63, 3.8) is 0 Å². The largest absolute Gasteiger partial charge is 0.491 e. The molecule has 0 amide bonds. The number of hydrogen-bond acceptors (Lipinski definition) is 3. The summed E-state index contributed by atoms with van der Waals surface area (Å²) in [6.07, 6.45) is -5.26. The highest BCUT2D eigenvalue weighted by molar-refractivity contribution is 5.36. The molecule has 0 aliphatic heterocycles. The molecule has 0 saturated heterocycles. The molecule has 1 unspecified atom stereocenters. The van der Waals surface area contributed by atoms with E-state index >= 15 is 0 Å². The van der Waals surface area contributed by atoms with Gasteiger partial charge in [0.1, 0.15) is 5.75 Å². The smallest absolute Gasteiger partial charge is 0.389 e. The Morgan fingerprint density at radius 2 is 1.89 bits per heavy atom. The highest BCUT2D eigenvalue weighted by atomic mass is 19.4. The highest BCUT2D eigenvalue weighted by Crippen LogP contribution is 2.31. The summed E-state index contributed by atoms with van der Waals surface area (Å²) in [7, 11) is 0. The van der Waals surface area contributed by atoms with E-state index in [0.717, 1.165) is 0 Å². The van der Waals surface area contributed by atoms with Gasteiger partial charge in [-0.05, 0) is 26.3 Å². The van der Waals surface area contributed by atoms with E-state index in [1.807, 2.05) is 13.8 Å². The van der Waals surface area contributed by atoms with Crippen molar-refractivity contribution in [2.75, 3.05) is 0 Å². The van der Waals surface area contributed by atoms with Crippen LogP contribution in [0, 0.1) is 0 Å². The normalized spacial score (nSPS) is 13.6. The molecule has 0 saturated carbocycles. The van der Waals surface area contributed by atoms with Crippen LogP contribution in [-0.4, -0.2) is 12.3 Å². The lowest BCUT2D eigenvalue weighted by Crippen LogP contribution is -2.29. The highest BCUT2D eigenvalue weighted by Gasteiger charge is 2.29. The number of benzene rings is 1. The van der Waals surface area contributed by atoms with E-state index in [1.165, 1.54) is 0 Å². The maximum atomic E-state index is 12.3. The molecule has 6 heteroatoms. The van der Waals surface area contributed by atoms with Crippen molar-refractivity contribution >= 4 is 0 Å². The second kappa shape index (κ2) is 6.77. The van der Waals surface area contributed by atoms with Crippen molar-refractivity contribution in [2.24, 2.45) is 5.84 Å². The van der Waals surface area contributed by atoms with E-state index in [-0.39, 0.29) is 12.5 Å². The van der Waals surface area contributed by atoms with Gasteiger partial charge in [0.25, 0.3) is 0 Å². The second-order valence-electron chi connectivity index (χ2n) is 4.58. The first kappa shape index (κ1) is 15.8. The van der Waals surface area contributed by atoms with Gasteiger partial charge in [-0.15, -0.1) is 0 Å². The first-order valence-corrected chi connectivity index (χ1v) is 6.12. The Hall–Kier alpha value is -1.27. The predicted molar refractivity (Wildman–Crippen MR) is 67.6 cm³/mol. The van der Waals surface area contributed by atoms with Gasteiger partial charge >= 0.3 is 6.18 Å². The molecule has 19 heavy (non-hydrogen) atoms. The third kappa shape index (κ3) is 5.48. The Kier molecular flexibility index (Phi) is 5.62. The summed E-state index contributed by atoms with van der Waals surface area (Å²) >= 11 is 0. The molecule has 3 N–H and O–H groups in total. The van der Waals surface area contributed by atoms with Gasteiger partial charge in [0.05, 0.1) is 6.10 Å². The van der Waals surface area contributed by atoms with Gasteiger partial charge in [-0.1, -0.05) is 18.2 Å². The third-order valence-corrected chi connectivity index (χ3v) is 2.57. The minimum atomic E-state index is -4.19. The third-order valence-electron chi connectivity index (χ3n) is 2.57. The number of halogens is 3. The van der Waals surface area contributed by atoms with Gasteiger partial charge in [0.2, 0.25) is 0 Å². The van der Waals surface area contributed by atoms with Crippen LogP contribution in [0.15, 0.2) is 24.3 Å². The number of rotatable bonds is 6. The molecule has 1 aromatic rings. The van der Waals surface area contributed by atoms with Crippen LogP contribution in [0.2, 0.25) is 0 Å². The Bertz CT molecular complexity index is 394. The number of para-hydroxylation sites is 1. The molecule has 0 aromatic heterocycles. The Balaban J connectivity index is 2.85. The maximum absolute atomic E-state index is 12.3. The van der Waals surface area contributed by atoms with Gasteiger partial charge < -0.3 is 4.74 Å². The average Bonchev–Trinajstić information content (AvgIpc) is 2.29. The molecule has 0 fully saturated rings. The molecule has 0 aliphatic carbocycles. The monoisotopic (exact) mass is 276 g/mol. The summed E-state index contributed by atoms with van der Waals surface area (Å²) in [5.74, 6) is 5.92. The van der Waals surface area contributed by atoms with Crippen LogP contribution in [0.1, 0.15) is 38.3 Å². The standard InChI is InChI=1S/C13H19F3N2O/c1-9(2)19-12-6-4-3-5-10(12)11(18-17)7-8-13(14,15)16/h3-6,9,11,18H,7-8,17H2,1-2H3. The van der Waals surface area contributed by atoms with Crippen LogP contribution in [0.5, 0.6) is 5.75 Å². The number of hydrogen-bond donors (Lipinski definition) is 2. The van der Waals surface area contributed by atoms with Crippen LogP contribution in [-0.2, 0) is 0 Å². The molecule has 1 aromatic carbocycles. The number of ether oxygens (including phenoxy) is 1. The topological polar surface area (TPSA) is 47.3 Å². The molecular formula is C13H19F3N2O. The van der Waals surface area contributed by atoms with Crippen molar-refractivity contribution in [1.82, 2.24) is 5.43 Å². The van der Waals surface area contributed by atoms with Crippen molar-refractivity contribution in [1.29, 1.82) is 0 Å². The van der Waals surface area contributed by atoms with Gasteiger partial charge in [0, 0.05) is 18.0 Å². The fourth-order valence-electron chi connectivity index (χ4n) is 1.77. The average molecular weight is 276 g/mol. The summed E-state index contributed by atoms with van der Waals surface area (Å²) in [5, 5.41) is 0. The van der Waals surface area contributed by atoms with E-state index in [4.69, 9.17) is 10.6 Å². The van der Waals surface area contributed by atoms with Crippen LogP contribution >= 0.6 is 0 Å². The maximum Gasteiger partial charge on any atom is 0.389 e. The SMILES string of the molecule is CC(C)Oc1ccccc1C(CCC(F)(F)F)NN.